The van der Waals surface area contributed by atoms with E-state index in [4.69, 9.17) is 0 Å². The van der Waals surface area contributed by atoms with Gasteiger partial charge in [-0.25, -0.2) is 0 Å². The molecule has 2 aromatic rings. The van der Waals surface area contributed by atoms with Crippen LogP contribution in [0.2, 0.25) is 0 Å². The van der Waals surface area contributed by atoms with Crippen LogP contribution in [0, 0.1) is 12.8 Å². The van der Waals surface area contributed by atoms with Crippen molar-refractivity contribution in [1.29, 1.82) is 0 Å². The van der Waals surface area contributed by atoms with Gasteiger partial charge in [0, 0.05) is 11.4 Å². The number of rotatable bonds is 2. The third kappa shape index (κ3) is 2.55. The minimum Gasteiger partial charge on any atom is -0.348 e. The fourth-order valence-electron chi connectivity index (χ4n) is 2.96. The van der Waals surface area contributed by atoms with Gasteiger partial charge in [-0.05, 0) is 50.7 Å². The summed E-state index contributed by atoms with van der Waals surface area (Å²) in [6.07, 6.45) is 4.55. The van der Waals surface area contributed by atoms with Crippen molar-refractivity contribution in [2.75, 3.05) is 0 Å². The van der Waals surface area contributed by atoms with Crippen molar-refractivity contribution >= 4 is 16.8 Å². The zero-order valence-electron chi connectivity index (χ0n) is 12.1. The van der Waals surface area contributed by atoms with Crippen LogP contribution in [-0.2, 0) is 0 Å². The molecule has 1 heterocycles. The SMILES string of the molecule is Cc1ccc2[nH]nc(C(=O)NC3CCC(C)CC3)c2c1. The Morgan fingerprint density at radius 2 is 2.05 bits per heavy atom. The van der Waals surface area contributed by atoms with E-state index >= 15 is 0 Å². The molecular formula is C16H21N3O. The average molecular weight is 271 g/mol. The Kier molecular flexibility index (Phi) is 3.47. The van der Waals surface area contributed by atoms with Crippen LogP contribution in [0.3, 0.4) is 0 Å². The van der Waals surface area contributed by atoms with Crippen molar-refractivity contribution in [2.24, 2.45) is 5.92 Å². The molecule has 1 amide bonds. The third-order valence-corrected chi connectivity index (χ3v) is 4.28. The number of carbonyl (C=O) groups is 1. The van der Waals surface area contributed by atoms with E-state index in [1.165, 1.54) is 12.8 Å². The lowest BCUT2D eigenvalue weighted by Gasteiger charge is -2.26. The molecule has 0 bridgehead atoms. The number of H-pyrrole nitrogens is 1. The molecule has 0 unspecified atom stereocenters. The summed E-state index contributed by atoms with van der Waals surface area (Å²) in [5, 5.41) is 11.2. The van der Waals surface area contributed by atoms with Gasteiger partial charge in [-0.2, -0.15) is 5.10 Å². The fraction of sp³-hybridized carbons (Fsp3) is 0.500. The number of carbonyl (C=O) groups excluding carboxylic acids is 1. The van der Waals surface area contributed by atoms with Crippen LogP contribution in [0.15, 0.2) is 18.2 Å². The van der Waals surface area contributed by atoms with E-state index in [1.807, 2.05) is 25.1 Å². The van der Waals surface area contributed by atoms with E-state index < -0.39 is 0 Å². The van der Waals surface area contributed by atoms with Gasteiger partial charge in [0.25, 0.3) is 5.91 Å². The molecule has 0 saturated heterocycles. The first-order valence-electron chi connectivity index (χ1n) is 7.39. The van der Waals surface area contributed by atoms with Crippen LogP contribution in [0.4, 0.5) is 0 Å². The molecule has 4 nitrogen and oxygen atoms in total. The van der Waals surface area contributed by atoms with Gasteiger partial charge in [-0.3, -0.25) is 9.89 Å². The molecular weight excluding hydrogens is 250 g/mol. The molecule has 0 aliphatic heterocycles. The van der Waals surface area contributed by atoms with Crippen LogP contribution in [0.5, 0.6) is 0 Å². The number of hydrogen-bond donors (Lipinski definition) is 2. The Morgan fingerprint density at radius 1 is 1.30 bits per heavy atom. The molecule has 1 aliphatic rings. The number of amides is 1. The van der Waals surface area contributed by atoms with Crippen LogP contribution in [-0.4, -0.2) is 22.1 Å². The number of fused-ring (bicyclic) bond motifs is 1. The average Bonchev–Trinajstić information content (AvgIpc) is 2.84. The molecule has 1 aliphatic carbocycles. The predicted molar refractivity (Wildman–Crippen MR) is 79.7 cm³/mol. The minimum absolute atomic E-state index is 0.0543. The normalized spacial score (nSPS) is 22.9. The molecule has 0 atom stereocenters. The molecule has 106 valence electrons. The molecule has 4 heteroatoms. The summed E-state index contributed by atoms with van der Waals surface area (Å²) in [6, 6.07) is 6.30. The maximum Gasteiger partial charge on any atom is 0.272 e. The van der Waals surface area contributed by atoms with Crippen LogP contribution in [0.1, 0.15) is 48.7 Å². The number of benzene rings is 1. The van der Waals surface area contributed by atoms with Gasteiger partial charge in [0.1, 0.15) is 0 Å². The maximum absolute atomic E-state index is 12.4. The third-order valence-electron chi connectivity index (χ3n) is 4.28. The maximum atomic E-state index is 12.4. The summed E-state index contributed by atoms with van der Waals surface area (Å²) in [5.74, 6) is 0.735. The summed E-state index contributed by atoms with van der Waals surface area (Å²) < 4.78 is 0. The zero-order valence-corrected chi connectivity index (χ0v) is 12.1. The zero-order chi connectivity index (χ0) is 14.1. The van der Waals surface area contributed by atoms with Crippen molar-refractivity contribution in [2.45, 2.75) is 45.6 Å². The van der Waals surface area contributed by atoms with Crippen molar-refractivity contribution in [3.63, 3.8) is 0 Å². The van der Waals surface area contributed by atoms with Gasteiger partial charge in [-0.15, -0.1) is 0 Å². The van der Waals surface area contributed by atoms with Gasteiger partial charge in [0.05, 0.1) is 5.52 Å². The lowest BCUT2D eigenvalue weighted by atomic mass is 9.87. The van der Waals surface area contributed by atoms with E-state index in [-0.39, 0.29) is 5.91 Å². The number of hydrogen-bond acceptors (Lipinski definition) is 2. The van der Waals surface area contributed by atoms with E-state index in [0.717, 1.165) is 35.2 Å². The van der Waals surface area contributed by atoms with Gasteiger partial charge < -0.3 is 5.32 Å². The number of nitrogens with one attached hydrogen (secondary N) is 2. The van der Waals surface area contributed by atoms with Crippen LogP contribution in [0.25, 0.3) is 10.9 Å². The molecule has 1 fully saturated rings. The van der Waals surface area contributed by atoms with Gasteiger partial charge in [-0.1, -0.05) is 18.6 Å². The molecule has 1 aromatic carbocycles. The smallest absolute Gasteiger partial charge is 0.272 e. The molecule has 1 aromatic heterocycles. The second kappa shape index (κ2) is 5.27. The Labute approximate surface area is 119 Å². The summed E-state index contributed by atoms with van der Waals surface area (Å²) in [6.45, 7) is 4.30. The van der Waals surface area contributed by atoms with E-state index in [1.54, 1.807) is 0 Å². The van der Waals surface area contributed by atoms with Crippen LogP contribution < -0.4 is 5.32 Å². The second-order valence-electron chi connectivity index (χ2n) is 6.05. The van der Waals surface area contributed by atoms with Gasteiger partial charge in [0.15, 0.2) is 5.69 Å². The Balaban J connectivity index is 1.77. The molecule has 2 N–H and O–H groups in total. The highest BCUT2D eigenvalue weighted by Crippen LogP contribution is 2.24. The monoisotopic (exact) mass is 271 g/mol. The Morgan fingerprint density at radius 3 is 2.80 bits per heavy atom. The largest absolute Gasteiger partial charge is 0.348 e. The summed E-state index contributed by atoms with van der Waals surface area (Å²) in [5.41, 5.74) is 2.57. The lowest BCUT2D eigenvalue weighted by Crippen LogP contribution is -2.37. The first-order valence-corrected chi connectivity index (χ1v) is 7.39. The van der Waals surface area contributed by atoms with E-state index in [2.05, 4.69) is 22.4 Å². The van der Waals surface area contributed by atoms with Gasteiger partial charge in [0.2, 0.25) is 0 Å². The second-order valence-corrected chi connectivity index (χ2v) is 6.05. The molecule has 20 heavy (non-hydrogen) atoms. The Hall–Kier alpha value is -1.84. The topological polar surface area (TPSA) is 57.8 Å². The quantitative estimate of drug-likeness (QED) is 0.881. The number of aryl methyl sites for hydroxylation is 1. The first kappa shape index (κ1) is 13.2. The highest BCUT2D eigenvalue weighted by atomic mass is 16.2. The van der Waals surface area contributed by atoms with E-state index in [0.29, 0.717) is 11.7 Å². The summed E-state index contributed by atoms with van der Waals surface area (Å²) >= 11 is 0. The number of nitrogens with zero attached hydrogens (tertiary/aromatic N) is 1. The van der Waals surface area contributed by atoms with Crippen molar-refractivity contribution in [3.8, 4) is 0 Å². The van der Waals surface area contributed by atoms with Crippen molar-refractivity contribution in [3.05, 3.63) is 29.5 Å². The van der Waals surface area contributed by atoms with Crippen molar-refractivity contribution < 1.29 is 4.79 Å². The first-order chi connectivity index (χ1) is 9.63. The standard InChI is InChI=1S/C16H21N3O/c1-10-3-6-12(7-4-10)17-16(20)15-13-9-11(2)5-8-14(13)18-19-15/h5,8-10,12H,3-4,6-7H2,1-2H3,(H,17,20)(H,18,19). The summed E-state index contributed by atoms with van der Waals surface area (Å²) in [7, 11) is 0. The van der Waals surface area contributed by atoms with Gasteiger partial charge >= 0.3 is 0 Å². The molecule has 1 saturated carbocycles. The Bertz CT molecular complexity index is 624. The lowest BCUT2D eigenvalue weighted by molar-refractivity contribution is 0.0919. The van der Waals surface area contributed by atoms with E-state index in [9.17, 15) is 4.79 Å². The highest BCUT2D eigenvalue weighted by Gasteiger charge is 2.22. The number of aromatic nitrogens is 2. The molecule has 0 spiro atoms. The summed E-state index contributed by atoms with van der Waals surface area (Å²) in [4.78, 5) is 12.4. The van der Waals surface area contributed by atoms with Crippen molar-refractivity contribution in [1.82, 2.24) is 15.5 Å². The predicted octanol–water partition coefficient (Wildman–Crippen LogP) is 3.18. The molecule has 0 radical (unpaired) electrons. The van der Waals surface area contributed by atoms with Crippen LogP contribution >= 0.6 is 0 Å². The molecule has 3 rings (SSSR count). The minimum atomic E-state index is -0.0543. The fourth-order valence-corrected chi connectivity index (χ4v) is 2.96. The highest BCUT2D eigenvalue weighted by molar-refractivity contribution is 6.04. The number of aromatic amines is 1.